The van der Waals surface area contributed by atoms with Gasteiger partial charge < -0.3 is 29.6 Å². The molecule has 0 unspecified atom stereocenters. The lowest BCUT2D eigenvalue weighted by Gasteiger charge is -2.20. The summed E-state index contributed by atoms with van der Waals surface area (Å²) in [6, 6.07) is 0. The van der Waals surface area contributed by atoms with E-state index in [0.29, 0.717) is 49.9 Å². The third-order valence-electron chi connectivity index (χ3n) is 11.7. The average molecular weight is 679 g/mol. The van der Waals surface area contributed by atoms with Gasteiger partial charge in [-0.2, -0.15) is 0 Å². The summed E-state index contributed by atoms with van der Waals surface area (Å²) in [5, 5.41) is 6.21. The van der Waals surface area contributed by atoms with Crippen LogP contribution in [-0.4, -0.2) is 72.5 Å². The number of hydrogen-bond acceptors (Lipinski definition) is 8. The topological polar surface area (TPSA) is 136 Å². The molecule has 0 aromatic carbocycles. The molecular weight excluding hydrogens is 624 g/mol. The first-order chi connectivity index (χ1) is 23.5. The van der Waals surface area contributed by atoms with Crippen LogP contribution in [0.15, 0.2) is 47.6 Å². The second-order valence-electron chi connectivity index (χ2n) is 15.3. The summed E-state index contributed by atoms with van der Waals surface area (Å²) in [6.45, 7) is 13.3. The number of unbranched alkanes of at least 4 members (excludes halogenated alkanes) is 6. The number of hydrogen-bond donors (Lipinski definition) is 2. The van der Waals surface area contributed by atoms with E-state index in [1.54, 1.807) is 0 Å². The number of nitrogens with one attached hydrogen (secondary N) is 2. The molecule has 0 spiro atoms. The van der Waals surface area contributed by atoms with E-state index >= 15 is 0 Å². The highest BCUT2D eigenvalue weighted by atomic mass is 16.7. The highest BCUT2D eigenvalue weighted by molar-refractivity contribution is 5.94. The first-order valence-electron chi connectivity index (χ1n) is 18.6. The molecule has 6 rings (SSSR count). The third kappa shape index (κ3) is 8.06. The van der Waals surface area contributed by atoms with Gasteiger partial charge in [0.25, 0.3) is 0 Å². The van der Waals surface area contributed by atoms with Gasteiger partial charge in [0.1, 0.15) is 24.4 Å². The average Bonchev–Trinajstić information content (AvgIpc) is 3.88. The number of ether oxygens (including phenoxy) is 4. The van der Waals surface area contributed by atoms with E-state index in [1.807, 2.05) is 12.2 Å². The SMILES string of the molecule is C=C1C(=O)O[C@H]2[C@H]1CC/C(C(=O)NCCCCCCCCCNC(=O)/C1=C/CC[C@@]3(C)O[C@H]3[C@H]3OC(=O)C(=C)[C@@H]3CC1)=C\CC[C@@]1(C)O[C@@H]21. The smallest absolute Gasteiger partial charge is 0.334 e. The fourth-order valence-electron chi connectivity index (χ4n) is 8.30. The first kappa shape index (κ1) is 35.6. The van der Waals surface area contributed by atoms with Gasteiger partial charge in [-0.25, -0.2) is 9.59 Å². The summed E-state index contributed by atoms with van der Waals surface area (Å²) in [7, 11) is 0. The number of fused-ring (bicyclic) bond motifs is 6. The minimum absolute atomic E-state index is 0.0215. The summed E-state index contributed by atoms with van der Waals surface area (Å²) >= 11 is 0. The Bertz CT molecular complexity index is 1310. The third-order valence-corrected chi connectivity index (χ3v) is 11.7. The molecule has 2 aliphatic carbocycles. The second-order valence-corrected chi connectivity index (χ2v) is 15.3. The summed E-state index contributed by atoms with van der Waals surface area (Å²) in [6.07, 6.45) is 16.2. The van der Waals surface area contributed by atoms with Crippen LogP contribution in [0.2, 0.25) is 0 Å². The Labute approximate surface area is 290 Å². The Kier molecular flexibility index (Phi) is 10.8. The molecule has 0 bridgehead atoms. The van der Waals surface area contributed by atoms with Crippen molar-refractivity contribution in [1.29, 1.82) is 0 Å². The molecule has 0 saturated carbocycles. The number of allylic oxidation sites excluding steroid dienone is 2. The van der Waals surface area contributed by atoms with Crippen LogP contribution in [0.5, 0.6) is 0 Å². The van der Waals surface area contributed by atoms with Gasteiger partial charge in [0.15, 0.2) is 0 Å². The quantitative estimate of drug-likeness (QED) is 0.120. The maximum absolute atomic E-state index is 13.0. The molecule has 6 aliphatic rings. The minimum atomic E-state index is -0.341. The molecule has 4 aliphatic heterocycles. The Balaban J connectivity index is 0.825. The lowest BCUT2D eigenvalue weighted by molar-refractivity contribution is -0.140. The van der Waals surface area contributed by atoms with E-state index in [9.17, 15) is 19.2 Å². The second kappa shape index (κ2) is 14.9. The summed E-state index contributed by atoms with van der Waals surface area (Å²) in [4.78, 5) is 50.5. The molecule has 8 atom stereocenters. The van der Waals surface area contributed by atoms with Gasteiger partial charge in [-0.15, -0.1) is 0 Å². The van der Waals surface area contributed by atoms with Crippen LogP contribution < -0.4 is 10.6 Å². The van der Waals surface area contributed by atoms with Crippen LogP contribution in [0.25, 0.3) is 0 Å². The number of carbonyl (C=O) groups excluding carboxylic acids is 4. The van der Waals surface area contributed by atoms with Gasteiger partial charge in [0.05, 0.1) is 11.2 Å². The van der Waals surface area contributed by atoms with Crippen molar-refractivity contribution < 1.29 is 38.1 Å². The molecule has 4 fully saturated rings. The van der Waals surface area contributed by atoms with Crippen molar-refractivity contribution in [2.75, 3.05) is 13.1 Å². The number of carbonyl (C=O) groups is 4. The molecule has 10 heteroatoms. The van der Waals surface area contributed by atoms with Crippen molar-refractivity contribution in [3.63, 3.8) is 0 Å². The number of epoxide rings is 2. The monoisotopic (exact) mass is 678 g/mol. The highest BCUT2D eigenvalue weighted by Gasteiger charge is 2.62. The fourth-order valence-corrected chi connectivity index (χ4v) is 8.30. The predicted octanol–water partition coefficient (Wildman–Crippen LogP) is 5.46. The lowest BCUT2D eigenvalue weighted by Crippen LogP contribution is -2.30. The van der Waals surface area contributed by atoms with Gasteiger partial charge in [0.2, 0.25) is 11.8 Å². The molecule has 49 heavy (non-hydrogen) atoms. The summed E-state index contributed by atoms with van der Waals surface area (Å²) < 4.78 is 23.2. The Morgan fingerprint density at radius 1 is 0.694 bits per heavy atom. The fraction of sp³-hybridized carbons (Fsp3) is 0.692. The Hall–Kier alpha value is -3.24. The van der Waals surface area contributed by atoms with Crippen molar-refractivity contribution in [1.82, 2.24) is 10.6 Å². The molecule has 0 radical (unpaired) electrons. The predicted molar refractivity (Wildman–Crippen MR) is 183 cm³/mol. The standard InChI is InChI=1S/C39H54N2O8/c1-24-28-18-16-26(14-12-20-38(3)32(48-38)30(28)46-36(24)44)34(42)40-22-10-8-6-5-7-9-11-23-41-35(43)27-15-13-21-39(4)33(49-39)31-29(19-17-27)25(2)37(45)47-31/h14-15,28-33H,1-2,5-13,16-23H2,3-4H3,(H,40,42)(H,41,43)/b26-14+,27-15+/t28-,29-,30-,31-,32-,33-,38+,39+/m0/s1. The Morgan fingerprint density at radius 2 is 1.08 bits per heavy atom. The zero-order valence-electron chi connectivity index (χ0n) is 29.3. The molecular formula is C39H54N2O8. The van der Waals surface area contributed by atoms with Crippen LogP contribution in [0.4, 0.5) is 0 Å². The maximum atomic E-state index is 13.0. The van der Waals surface area contributed by atoms with Gasteiger partial charge in [-0.1, -0.05) is 57.4 Å². The van der Waals surface area contributed by atoms with Crippen molar-refractivity contribution in [3.05, 3.63) is 47.6 Å². The van der Waals surface area contributed by atoms with E-state index in [2.05, 4.69) is 37.6 Å². The van der Waals surface area contributed by atoms with Crippen LogP contribution in [0, 0.1) is 11.8 Å². The van der Waals surface area contributed by atoms with Crippen LogP contribution in [-0.2, 0) is 38.1 Å². The number of amides is 2. The molecule has 0 aromatic rings. The molecule has 268 valence electrons. The zero-order valence-corrected chi connectivity index (χ0v) is 29.3. The first-order valence-corrected chi connectivity index (χ1v) is 18.6. The molecule has 10 nitrogen and oxygen atoms in total. The van der Waals surface area contributed by atoms with Crippen molar-refractivity contribution in [2.45, 2.75) is 146 Å². The molecule has 0 aromatic heterocycles. The summed E-state index contributed by atoms with van der Waals surface area (Å²) in [5.74, 6) is -0.950. The molecule has 2 N–H and O–H groups in total. The van der Waals surface area contributed by atoms with Gasteiger partial charge in [-0.3, -0.25) is 9.59 Å². The largest absolute Gasteiger partial charge is 0.455 e. The van der Waals surface area contributed by atoms with E-state index < -0.39 is 0 Å². The normalized spacial score (nSPS) is 37.4. The van der Waals surface area contributed by atoms with E-state index in [1.165, 1.54) is 0 Å². The van der Waals surface area contributed by atoms with Gasteiger partial charge >= 0.3 is 11.9 Å². The van der Waals surface area contributed by atoms with Crippen molar-refractivity contribution >= 4 is 23.8 Å². The van der Waals surface area contributed by atoms with E-state index in [0.717, 1.165) is 81.8 Å². The van der Waals surface area contributed by atoms with E-state index in [4.69, 9.17) is 18.9 Å². The maximum Gasteiger partial charge on any atom is 0.334 e. The van der Waals surface area contributed by atoms with E-state index in [-0.39, 0.29) is 71.2 Å². The lowest BCUT2D eigenvalue weighted by atomic mass is 9.83. The number of rotatable bonds is 12. The van der Waals surface area contributed by atoms with Gasteiger partial charge in [0, 0.05) is 47.2 Å². The Morgan fingerprint density at radius 3 is 1.49 bits per heavy atom. The van der Waals surface area contributed by atoms with Crippen LogP contribution in [0.3, 0.4) is 0 Å². The van der Waals surface area contributed by atoms with Crippen LogP contribution >= 0.6 is 0 Å². The molecule has 4 heterocycles. The molecule has 4 saturated heterocycles. The van der Waals surface area contributed by atoms with Crippen LogP contribution in [0.1, 0.15) is 110 Å². The van der Waals surface area contributed by atoms with Crippen molar-refractivity contribution in [3.8, 4) is 0 Å². The highest BCUT2D eigenvalue weighted by Crippen LogP contribution is 2.51. The summed E-state index contributed by atoms with van der Waals surface area (Å²) in [5.41, 5.74) is 1.92. The minimum Gasteiger partial charge on any atom is -0.455 e. The number of esters is 2. The van der Waals surface area contributed by atoms with Crippen molar-refractivity contribution in [2.24, 2.45) is 11.8 Å². The molecule has 2 amide bonds. The van der Waals surface area contributed by atoms with Gasteiger partial charge in [-0.05, 0) is 78.1 Å². The zero-order chi connectivity index (χ0) is 34.8.